The summed E-state index contributed by atoms with van der Waals surface area (Å²) in [6, 6.07) is 4.98. The Hall–Kier alpha value is -1.00. The van der Waals surface area contributed by atoms with Crippen LogP contribution in [0.25, 0.3) is 0 Å². The molecule has 0 fully saturated rings. The van der Waals surface area contributed by atoms with E-state index in [1.165, 1.54) is 0 Å². The first kappa shape index (κ1) is 13.1. The minimum Gasteiger partial charge on any atom is -0.389 e. The van der Waals surface area contributed by atoms with E-state index in [4.69, 9.17) is 22.7 Å². The van der Waals surface area contributed by atoms with Crippen LogP contribution in [0.15, 0.2) is 18.2 Å². The van der Waals surface area contributed by atoms with E-state index in [0.29, 0.717) is 18.1 Å². The summed E-state index contributed by atoms with van der Waals surface area (Å²) in [4.78, 5) is 0.0724. The van der Waals surface area contributed by atoms with Crippen LogP contribution in [0.1, 0.15) is 25.0 Å². The van der Waals surface area contributed by atoms with Crippen molar-refractivity contribution in [1.29, 1.82) is 0 Å². The Morgan fingerprint density at radius 3 is 2.75 bits per heavy atom. The van der Waals surface area contributed by atoms with E-state index in [1.807, 2.05) is 13.8 Å². The SMILES string of the molecule is CC(C)COCc1cccc(C(N)=S)c1F. The molecule has 1 aromatic rings. The first-order valence-electron chi connectivity index (χ1n) is 5.17. The van der Waals surface area contributed by atoms with Crippen LogP contribution in [0, 0.1) is 11.7 Å². The lowest BCUT2D eigenvalue weighted by atomic mass is 10.1. The lowest BCUT2D eigenvalue weighted by Gasteiger charge is -2.09. The molecule has 0 aliphatic rings. The number of benzene rings is 1. The molecule has 1 rings (SSSR count). The van der Waals surface area contributed by atoms with Crippen molar-refractivity contribution < 1.29 is 9.13 Å². The maximum Gasteiger partial charge on any atom is 0.138 e. The Balaban J connectivity index is 2.73. The summed E-state index contributed by atoms with van der Waals surface area (Å²) in [7, 11) is 0. The highest BCUT2D eigenvalue weighted by Crippen LogP contribution is 2.14. The third kappa shape index (κ3) is 3.54. The molecule has 0 spiro atoms. The topological polar surface area (TPSA) is 35.2 Å². The summed E-state index contributed by atoms with van der Waals surface area (Å²) in [5.41, 5.74) is 6.18. The Kier molecular flexibility index (Phi) is 4.83. The molecule has 0 amide bonds. The van der Waals surface area contributed by atoms with Gasteiger partial charge in [0, 0.05) is 17.7 Å². The minimum absolute atomic E-state index is 0.0724. The Morgan fingerprint density at radius 2 is 2.19 bits per heavy atom. The van der Waals surface area contributed by atoms with Crippen molar-refractivity contribution >= 4 is 17.2 Å². The maximum atomic E-state index is 13.8. The molecule has 0 bridgehead atoms. The molecule has 0 aromatic heterocycles. The predicted octanol–water partition coefficient (Wildman–Crippen LogP) is 2.63. The van der Waals surface area contributed by atoms with E-state index >= 15 is 0 Å². The van der Waals surface area contributed by atoms with Crippen molar-refractivity contribution in [1.82, 2.24) is 0 Å². The van der Waals surface area contributed by atoms with Gasteiger partial charge in [0.05, 0.1) is 6.61 Å². The van der Waals surface area contributed by atoms with Gasteiger partial charge in [-0.1, -0.05) is 38.2 Å². The van der Waals surface area contributed by atoms with Crippen LogP contribution < -0.4 is 5.73 Å². The fourth-order valence-electron chi connectivity index (χ4n) is 1.29. The first-order valence-corrected chi connectivity index (χ1v) is 5.58. The number of halogens is 1. The highest BCUT2D eigenvalue weighted by molar-refractivity contribution is 7.80. The van der Waals surface area contributed by atoms with Gasteiger partial charge in [0.1, 0.15) is 10.8 Å². The molecule has 0 unspecified atom stereocenters. The van der Waals surface area contributed by atoms with Crippen LogP contribution in [-0.4, -0.2) is 11.6 Å². The minimum atomic E-state index is -0.376. The van der Waals surface area contributed by atoms with Crippen molar-refractivity contribution in [2.75, 3.05) is 6.61 Å². The second-order valence-corrected chi connectivity index (χ2v) is 4.49. The van der Waals surface area contributed by atoms with Crippen molar-refractivity contribution in [3.8, 4) is 0 Å². The molecule has 16 heavy (non-hydrogen) atoms. The van der Waals surface area contributed by atoms with Crippen molar-refractivity contribution in [3.63, 3.8) is 0 Å². The third-order valence-electron chi connectivity index (χ3n) is 2.05. The number of thiocarbonyl (C=S) groups is 1. The van der Waals surface area contributed by atoms with Gasteiger partial charge in [-0.15, -0.1) is 0 Å². The standard InChI is InChI=1S/C12H16FNOS/c1-8(2)6-15-7-9-4-3-5-10(11(9)13)12(14)16/h3-5,8H,6-7H2,1-2H3,(H2,14,16). The fraction of sp³-hybridized carbons (Fsp3) is 0.417. The van der Waals surface area contributed by atoms with Crippen molar-refractivity contribution in [2.24, 2.45) is 11.7 Å². The highest BCUT2D eigenvalue weighted by Gasteiger charge is 2.09. The van der Waals surface area contributed by atoms with Gasteiger partial charge in [-0.05, 0) is 12.0 Å². The molecule has 0 aliphatic heterocycles. The lowest BCUT2D eigenvalue weighted by Crippen LogP contribution is -2.13. The maximum absolute atomic E-state index is 13.8. The monoisotopic (exact) mass is 241 g/mol. The molecule has 2 nitrogen and oxygen atoms in total. The summed E-state index contributed by atoms with van der Waals surface area (Å²) >= 11 is 4.76. The molecule has 88 valence electrons. The Morgan fingerprint density at radius 1 is 1.50 bits per heavy atom. The molecule has 0 atom stereocenters. The summed E-state index contributed by atoms with van der Waals surface area (Å²) in [5, 5.41) is 0. The van der Waals surface area contributed by atoms with Crippen molar-refractivity contribution in [3.05, 3.63) is 35.1 Å². The van der Waals surface area contributed by atoms with E-state index in [2.05, 4.69) is 0 Å². The molecule has 4 heteroatoms. The van der Waals surface area contributed by atoms with Crippen LogP contribution in [0.4, 0.5) is 4.39 Å². The van der Waals surface area contributed by atoms with Gasteiger partial charge in [-0.2, -0.15) is 0 Å². The number of rotatable bonds is 5. The van der Waals surface area contributed by atoms with E-state index < -0.39 is 0 Å². The number of hydrogen-bond acceptors (Lipinski definition) is 2. The predicted molar refractivity (Wildman–Crippen MR) is 66.8 cm³/mol. The Labute approximate surface area is 101 Å². The van der Waals surface area contributed by atoms with Gasteiger partial charge >= 0.3 is 0 Å². The average Bonchev–Trinajstić information content (AvgIpc) is 2.19. The van der Waals surface area contributed by atoms with Crippen LogP contribution in [-0.2, 0) is 11.3 Å². The van der Waals surface area contributed by atoms with Gasteiger partial charge in [0.15, 0.2) is 0 Å². The number of hydrogen-bond donors (Lipinski definition) is 1. The molecule has 0 aliphatic carbocycles. The van der Waals surface area contributed by atoms with Crippen LogP contribution in [0.5, 0.6) is 0 Å². The highest BCUT2D eigenvalue weighted by atomic mass is 32.1. The summed E-state index contributed by atoms with van der Waals surface area (Å²) in [6.07, 6.45) is 0. The smallest absolute Gasteiger partial charge is 0.138 e. The molecule has 0 saturated heterocycles. The molecule has 1 aromatic carbocycles. The largest absolute Gasteiger partial charge is 0.389 e. The van der Waals surface area contributed by atoms with Crippen LogP contribution >= 0.6 is 12.2 Å². The molecule has 2 N–H and O–H groups in total. The molecular formula is C12H16FNOS. The zero-order valence-corrected chi connectivity index (χ0v) is 10.3. The van der Waals surface area contributed by atoms with Gasteiger partial charge in [0.2, 0.25) is 0 Å². The summed E-state index contributed by atoms with van der Waals surface area (Å²) < 4.78 is 19.2. The van der Waals surface area contributed by atoms with E-state index in [1.54, 1.807) is 18.2 Å². The van der Waals surface area contributed by atoms with Gasteiger partial charge in [-0.25, -0.2) is 4.39 Å². The van der Waals surface area contributed by atoms with E-state index in [0.717, 1.165) is 0 Å². The van der Waals surface area contributed by atoms with Gasteiger partial charge < -0.3 is 10.5 Å². The van der Waals surface area contributed by atoms with E-state index in [-0.39, 0.29) is 23.0 Å². The van der Waals surface area contributed by atoms with Crippen molar-refractivity contribution in [2.45, 2.75) is 20.5 Å². The Bertz CT molecular complexity index is 379. The number of ether oxygens (including phenoxy) is 1. The molecule has 0 saturated carbocycles. The summed E-state index contributed by atoms with van der Waals surface area (Å²) in [6.45, 7) is 4.95. The van der Waals surface area contributed by atoms with Crippen LogP contribution in [0.3, 0.4) is 0 Å². The van der Waals surface area contributed by atoms with Crippen LogP contribution in [0.2, 0.25) is 0 Å². The molecular weight excluding hydrogens is 225 g/mol. The molecule has 0 radical (unpaired) electrons. The zero-order valence-electron chi connectivity index (χ0n) is 9.50. The van der Waals surface area contributed by atoms with Gasteiger partial charge in [0.25, 0.3) is 0 Å². The lowest BCUT2D eigenvalue weighted by molar-refractivity contribution is 0.0950. The average molecular weight is 241 g/mol. The normalized spacial score (nSPS) is 10.8. The first-order chi connectivity index (χ1) is 7.52. The second kappa shape index (κ2) is 5.92. The fourth-order valence-corrected chi connectivity index (χ4v) is 1.44. The summed E-state index contributed by atoms with van der Waals surface area (Å²) in [5.74, 6) is 0.0561. The van der Waals surface area contributed by atoms with Gasteiger partial charge in [-0.3, -0.25) is 0 Å². The quantitative estimate of drug-likeness (QED) is 0.805. The third-order valence-corrected chi connectivity index (χ3v) is 2.27. The number of nitrogens with two attached hydrogens (primary N) is 1. The second-order valence-electron chi connectivity index (χ2n) is 4.05. The molecule has 0 heterocycles. The van der Waals surface area contributed by atoms with E-state index in [9.17, 15) is 4.39 Å². The zero-order chi connectivity index (χ0) is 12.1.